The van der Waals surface area contributed by atoms with Crippen molar-refractivity contribution in [1.82, 2.24) is 9.88 Å². The van der Waals surface area contributed by atoms with Crippen LogP contribution in [0.4, 0.5) is 5.69 Å². The molecule has 1 aliphatic rings. The van der Waals surface area contributed by atoms with Crippen molar-refractivity contribution in [3.8, 4) is 0 Å². The molecule has 114 valence electrons. The van der Waals surface area contributed by atoms with Gasteiger partial charge in [-0.3, -0.25) is 9.59 Å². The summed E-state index contributed by atoms with van der Waals surface area (Å²) in [4.78, 5) is 24.6. The van der Waals surface area contributed by atoms with Crippen LogP contribution in [0.25, 0.3) is 0 Å². The van der Waals surface area contributed by atoms with Crippen LogP contribution in [0, 0.1) is 0 Å². The molecule has 22 heavy (non-hydrogen) atoms. The summed E-state index contributed by atoms with van der Waals surface area (Å²) in [5.41, 5.74) is 1.19. The molecule has 0 bridgehead atoms. The fraction of sp³-hybridized carbons (Fsp3) is 0.294. The highest BCUT2D eigenvalue weighted by molar-refractivity contribution is 5.94. The lowest BCUT2D eigenvalue weighted by Gasteiger charge is -2.12. The molecule has 0 aliphatic carbocycles. The summed E-state index contributed by atoms with van der Waals surface area (Å²) in [6, 6.07) is 13.0. The number of amides is 1. The van der Waals surface area contributed by atoms with E-state index >= 15 is 0 Å². The van der Waals surface area contributed by atoms with Crippen LogP contribution in [0.2, 0.25) is 0 Å². The van der Waals surface area contributed by atoms with Crippen LogP contribution in [-0.4, -0.2) is 23.1 Å². The van der Waals surface area contributed by atoms with Crippen LogP contribution in [0.15, 0.2) is 53.5 Å². The molecule has 1 fully saturated rings. The lowest BCUT2D eigenvalue weighted by molar-refractivity contribution is -0.117. The van der Waals surface area contributed by atoms with Gasteiger partial charge in [-0.05, 0) is 37.1 Å². The summed E-state index contributed by atoms with van der Waals surface area (Å²) in [6.07, 6.45) is 3.54. The number of anilines is 1. The van der Waals surface area contributed by atoms with Gasteiger partial charge < -0.3 is 15.2 Å². The van der Waals surface area contributed by atoms with E-state index in [1.54, 1.807) is 22.9 Å². The van der Waals surface area contributed by atoms with Gasteiger partial charge in [0, 0.05) is 6.20 Å². The molecule has 1 saturated heterocycles. The average Bonchev–Trinajstić information content (AvgIpc) is 3.07. The molecule has 1 aromatic heterocycles. The topological polar surface area (TPSA) is 63.1 Å². The fourth-order valence-electron chi connectivity index (χ4n) is 2.66. The second-order valence-electron chi connectivity index (χ2n) is 5.48. The Morgan fingerprint density at radius 2 is 2.05 bits per heavy atom. The molecular formula is C17H19N3O2. The molecule has 1 amide bonds. The van der Waals surface area contributed by atoms with E-state index < -0.39 is 0 Å². The predicted octanol–water partition coefficient (Wildman–Crippen LogP) is 1.59. The molecule has 5 heteroatoms. The Bertz CT molecular complexity index is 703. The summed E-state index contributed by atoms with van der Waals surface area (Å²) < 4.78 is 1.60. The molecule has 2 N–H and O–H groups in total. The van der Waals surface area contributed by atoms with Crippen LogP contribution in [0.3, 0.4) is 0 Å². The lowest BCUT2D eigenvalue weighted by Crippen LogP contribution is -2.37. The first kappa shape index (κ1) is 14.5. The standard InChI is InChI=1S/C17H19N3O2/c21-16(14-8-4-10-18-14)19-15-9-5-11-20(17(15)22)12-13-6-2-1-3-7-13/h1-3,5-7,9,11,14,18H,4,8,10,12H2,(H,19,21). The molecule has 5 nitrogen and oxygen atoms in total. The quantitative estimate of drug-likeness (QED) is 0.901. The Morgan fingerprint density at radius 3 is 2.77 bits per heavy atom. The summed E-state index contributed by atoms with van der Waals surface area (Å²) in [5, 5.41) is 5.87. The average molecular weight is 297 g/mol. The van der Waals surface area contributed by atoms with E-state index in [1.165, 1.54) is 0 Å². The van der Waals surface area contributed by atoms with Gasteiger partial charge in [0.25, 0.3) is 5.56 Å². The van der Waals surface area contributed by atoms with E-state index in [1.807, 2.05) is 30.3 Å². The number of pyridine rings is 1. The zero-order chi connectivity index (χ0) is 15.4. The van der Waals surface area contributed by atoms with Crippen LogP contribution >= 0.6 is 0 Å². The molecule has 2 heterocycles. The largest absolute Gasteiger partial charge is 0.320 e. The molecule has 3 rings (SSSR count). The van der Waals surface area contributed by atoms with Crippen LogP contribution in [0.1, 0.15) is 18.4 Å². The zero-order valence-corrected chi connectivity index (χ0v) is 12.3. The van der Waals surface area contributed by atoms with Gasteiger partial charge in [-0.25, -0.2) is 0 Å². The number of benzene rings is 1. The van der Waals surface area contributed by atoms with Crippen molar-refractivity contribution in [1.29, 1.82) is 0 Å². The van der Waals surface area contributed by atoms with Gasteiger partial charge in [-0.1, -0.05) is 30.3 Å². The van der Waals surface area contributed by atoms with E-state index in [9.17, 15) is 9.59 Å². The smallest absolute Gasteiger partial charge is 0.274 e. The highest BCUT2D eigenvalue weighted by atomic mass is 16.2. The maximum atomic E-state index is 12.5. The fourth-order valence-corrected chi connectivity index (χ4v) is 2.66. The van der Waals surface area contributed by atoms with Crippen molar-refractivity contribution in [2.45, 2.75) is 25.4 Å². The van der Waals surface area contributed by atoms with Gasteiger partial charge >= 0.3 is 0 Å². The maximum Gasteiger partial charge on any atom is 0.274 e. The maximum absolute atomic E-state index is 12.5. The number of rotatable bonds is 4. The van der Waals surface area contributed by atoms with Crippen molar-refractivity contribution in [3.05, 3.63) is 64.6 Å². The minimum Gasteiger partial charge on any atom is -0.320 e. The van der Waals surface area contributed by atoms with Crippen molar-refractivity contribution >= 4 is 11.6 Å². The summed E-state index contributed by atoms with van der Waals surface area (Å²) in [5.74, 6) is -0.132. The third-order valence-electron chi connectivity index (χ3n) is 3.85. The molecule has 2 aromatic rings. The van der Waals surface area contributed by atoms with E-state index in [4.69, 9.17) is 0 Å². The molecule has 1 aliphatic heterocycles. The van der Waals surface area contributed by atoms with E-state index in [-0.39, 0.29) is 17.5 Å². The minimum absolute atomic E-state index is 0.132. The third kappa shape index (κ3) is 3.26. The second-order valence-corrected chi connectivity index (χ2v) is 5.48. The monoisotopic (exact) mass is 297 g/mol. The van der Waals surface area contributed by atoms with Crippen LogP contribution in [-0.2, 0) is 11.3 Å². The van der Waals surface area contributed by atoms with Gasteiger partial charge in [0.1, 0.15) is 5.69 Å². The Kier molecular flexibility index (Phi) is 4.34. The number of nitrogens with zero attached hydrogens (tertiary/aromatic N) is 1. The summed E-state index contributed by atoms with van der Waals surface area (Å²) in [6.45, 7) is 1.34. The lowest BCUT2D eigenvalue weighted by atomic mass is 10.2. The number of hydrogen-bond donors (Lipinski definition) is 2. The summed E-state index contributed by atoms with van der Waals surface area (Å²) in [7, 11) is 0. The van der Waals surface area contributed by atoms with Crippen molar-refractivity contribution in [3.63, 3.8) is 0 Å². The number of hydrogen-bond acceptors (Lipinski definition) is 3. The van der Waals surface area contributed by atoms with Crippen LogP contribution < -0.4 is 16.2 Å². The first-order chi connectivity index (χ1) is 10.7. The van der Waals surface area contributed by atoms with E-state index in [2.05, 4.69) is 10.6 Å². The molecule has 1 atom stereocenters. The van der Waals surface area contributed by atoms with E-state index in [0.717, 1.165) is 24.9 Å². The molecule has 1 aromatic carbocycles. The van der Waals surface area contributed by atoms with E-state index in [0.29, 0.717) is 12.2 Å². The highest BCUT2D eigenvalue weighted by Crippen LogP contribution is 2.08. The zero-order valence-electron chi connectivity index (χ0n) is 12.3. The predicted molar refractivity (Wildman–Crippen MR) is 85.9 cm³/mol. The molecule has 0 radical (unpaired) electrons. The number of carbonyl (C=O) groups is 1. The minimum atomic E-state index is -0.192. The van der Waals surface area contributed by atoms with Crippen LogP contribution in [0.5, 0.6) is 0 Å². The number of nitrogens with one attached hydrogen (secondary N) is 2. The Labute approximate surface area is 129 Å². The SMILES string of the molecule is O=C(Nc1cccn(Cc2ccccc2)c1=O)C1CCCN1. The summed E-state index contributed by atoms with van der Waals surface area (Å²) >= 11 is 0. The van der Waals surface area contributed by atoms with Crippen molar-refractivity contribution in [2.24, 2.45) is 0 Å². The van der Waals surface area contributed by atoms with Gasteiger partial charge in [-0.2, -0.15) is 0 Å². The molecular weight excluding hydrogens is 278 g/mol. The third-order valence-corrected chi connectivity index (χ3v) is 3.85. The van der Waals surface area contributed by atoms with Gasteiger partial charge in [0.15, 0.2) is 0 Å². The molecule has 0 spiro atoms. The van der Waals surface area contributed by atoms with Gasteiger partial charge in [0.2, 0.25) is 5.91 Å². The molecule has 1 unspecified atom stereocenters. The normalized spacial score (nSPS) is 17.4. The van der Waals surface area contributed by atoms with Gasteiger partial charge in [-0.15, -0.1) is 0 Å². The second kappa shape index (κ2) is 6.58. The first-order valence-electron chi connectivity index (χ1n) is 7.52. The van der Waals surface area contributed by atoms with Crippen molar-refractivity contribution < 1.29 is 4.79 Å². The Balaban J connectivity index is 1.77. The van der Waals surface area contributed by atoms with Gasteiger partial charge in [0.05, 0.1) is 12.6 Å². The molecule has 0 saturated carbocycles. The number of aromatic nitrogens is 1. The Morgan fingerprint density at radius 1 is 1.23 bits per heavy atom. The highest BCUT2D eigenvalue weighted by Gasteiger charge is 2.22. The first-order valence-corrected chi connectivity index (χ1v) is 7.52. The number of carbonyl (C=O) groups excluding carboxylic acids is 1. The van der Waals surface area contributed by atoms with Crippen molar-refractivity contribution in [2.75, 3.05) is 11.9 Å². The Hall–Kier alpha value is -2.40.